The van der Waals surface area contributed by atoms with Gasteiger partial charge in [-0.05, 0) is 25.0 Å². The van der Waals surface area contributed by atoms with Crippen LogP contribution in [-0.2, 0) is 14.8 Å². The molecule has 0 saturated carbocycles. The number of pyridine rings is 1. The number of aromatic nitrogens is 3. The highest BCUT2D eigenvalue weighted by Gasteiger charge is 2.31. The van der Waals surface area contributed by atoms with Crippen molar-refractivity contribution in [2.24, 2.45) is 5.92 Å². The van der Waals surface area contributed by atoms with Crippen LogP contribution in [-0.4, -0.2) is 40.3 Å². The first kappa shape index (κ1) is 18.1. The van der Waals surface area contributed by atoms with Crippen LogP contribution in [0, 0.1) is 12.8 Å². The molecule has 0 aliphatic heterocycles. The van der Waals surface area contributed by atoms with E-state index in [1.807, 2.05) is 0 Å². The Morgan fingerprint density at radius 2 is 2.12 bits per heavy atom. The number of nitrogens with one attached hydrogen (secondary N) is 1. The van der Waals surface area contributed by atoms with Gasteiger partial charge < -0.3 is 5.11 Å². The highest BCUT2D eigenvalue weighted by Crippen LogP contribution is 2.19. The normalized spacial score (nSPS) is 14.3. The summed E-state index contributed by atoms with van der Waals surface area (Å²) in [6, 6.07) is 4.01. The van der Waals surface area contributed by atoms with Crippen LogP contribution in [0.4, 0.5) is 0 Å². The van der Waals surface area contributed by atoms with Crippen LogP contribution >= 0.6 is 0 Å². The molecule has 0 fully saturated rings. The van der Waals surface area contributed by atoms with Gasteiger partial charge in [-0.2, -0.15) is 9.82 Å². The van der Waals surface area contributed by atoms with Crippen molar-refractivity contribution < 1.29 is 18.3 Å². The number of sulfonamides is 1. The van der Waals surface area contributed by atoms with E-state index in [4.69, 9.17) is 0 Å². The van der Waals surface area contributed by atoms with Crippen molar-refractivity contribution in [1.29, 1.82) is 0 Å². The van der Waals surface area contributed by atoms with E-state index in [1.165, 1.54) is 10.9 Å². The van der Waals surface area contributed by atoms with Crippen LogP contribution in [0.25, 0.3) is 5.82 Å². The third kappa shape index (κ3) is 3.62. The van der Waals surface area contributed by atoms with E-state index in [2.05, 4.69) is 14.8 Å². The minimum Gasteiger partial charge on any atom is -0.480 e. The number of carboxylic acid groups (broad SMARTS) is 1. The van der Waals surface area contributed by atoms with Crippen LogP contribution in [0.3, 0.4) is 0 Å². The van der Waals surface area contributed by atoms with Gasteiger partial charge in [0.15, 0.2) is 5.82 Å². The van der Waals surface area contributed by atoms with Crippen LogP contribution in [0.2, 0.25) is 0 Å². The van der Waals surface area contributed by atoms with Crippen molar-refractivity contribution in [1.82, 2.24) is 19.5 Å². The molecule has 24 heavy (non-hydrogen) atoms. The lowest BCUT2D eigenvalue weighted by atomic mass is 10.0. The molecule has 0 spiro atoms. The number of carbonyl (C=O) groups is 1. The summed E-state index contributed by atoms with van der Waals surface area (Å²) >= 11 is 0. The molecule has 0 amide bonds. The van der Waals surface area contributed by atoms with E-state index in [0.717, 1.165) is 0 Å². The predicted molar refractivity (Wildman–Crippen MR) is 87.3 cm³/mol. The van der Waals surface area contributed by atoms with Gasteiger partial charge in [-0.25, -0.2) is 18.1 Å². The number of hydrogen-bond acceptors (Lipinski definition) is 5. The van der Waals surface area contributed by atoms with Gasteiger partial charge >= 0.3 is 5.97 Å². The SMILES string of the molecule is CC[C@H](C)[C@H](NS(=O)(=O)c1cnn(-c2ccccn2)c1C)C(=O)O. The molecule has 0 aliphatic rings. The van der Waals surface area contributed by atoms with Crippen LogP contribution in [0.15, 0.2) is 35.5 Å². The molecule has 2 aromatic rings. The maximum absolute atomic E-state index is 12.6. The van der Waals surface area contributed by atoms with Crippen LogP contribution < -0.4 is 4.72 Å². The van der Waals surface area contributed by atoms with Crippen molar-refractivity contribution in [2.75, 3.05) is 0 Å². The molecule has 2 N–H and O–H groups in total. The molecular weight excluding hydrogens is 332 g/mol. The van der Waals surface area contributed by atoms with E-state index in [1.54, 1.807) is 45.2 Å². The minimum atomic E-state index is -4.02. The molecule has 0 radical (unpaired) electrons. The van der Waals surface area contributed by atoms with Crippen molar-refractivity contribution in [3.8, 4) is 5.82 Å². The Balaban J connectivity index is 2.37. The van der Waals surface area contributed by atoms with Gasteiger partial charge in [0.05, 0.1) is 11.9 Å². The van der Waals surface area contributed by atoms with Gasteiger partial charge in [0, 0.05) is 6.20 Å². The van der Waals surface area contributed by atoms with E-state index < -0.39 is 22.0 Å². The van der Waals surface area contributed by atoms with Crippen molar-refractivity contribution in [2.45, 2.75) is 38.1 Å². The largest absolute Gasteiger partial charge is 0.480 e. The Hall–Kier alpha value is -2.26. The second-order valence-electron chi connectivity index (χ2n) is 5.52. The Labute approximate surface area is 140 Å². The van der Waals surface area contributed by atoms with E-state index in [0.29, 0.717) is 17.9 Å². The molecule has 130 valence electrons. The van der Waals surface area contributed by atoms with Crippen molar-refractivity contribution in [3.05, 3.63) is 36.3 Å². The summed E-state index contributed by atoms with van der Waals surface area (Å²) in [6.45, 7) is 5.08. The number of nitrogens with zero attached hydrogens (tertiary/aromatic N) is 3. The summed E-state index contributed by atoms with van der Waals surface area (Å²) in [5.74, 6) is -1.07. The average molecular weight is 352 g/mol. The molecule has 0 aromatic carbocycles. The maximum Gasteiger partial charge on any atom is 0.322 e. The third-order valence-electron chi connectivity index (χ3n) is 3.88. The van der Waals surface area contributed by atoms with E-state index in [9.17, 15) is 18.3 Å². The monoisotopic (exact) mass is 352 g/mol. The second kappa shape index (κ2) is 7.10. The summed E-state index contributed by atoms with van der Waals surface area (Å²) in [7, 11) is -4.02. The topological polar surface area (TPSA) is 114 Å². The lowest BCUT2D eigenvalue weighted by molar-refractivity contribution is -0.140. The number of hydrogen-bond donors (Lipinski definition) is 2. The van der Waals surface area contributed by atoms with Crippen molar-refractivity contribution >= 4 is 16.0 Å². The fourth-order valence-corrected chi connectivity index (χ4v) is 3.70. The number of carboxylic acids is 1. The van der Waals surface area contributed by atoms with Crippen LogP contribution in [0.1, 0.15) is 26.0 Å². The molecular formula is C15H20N4O4S. The fourth-order valence-electron chi connectivity index (χ4n) is 2.24. The first-order chi connectivity index (χ1) is 11.3. The zero-order chi connectivity index (χ0) is 17.9. The van der Waals surface area contributed by atoms with Gasteiger partial charge in [0.25, 0.3) is 0 Å². The molecule has 0 unspecified atom stereocenters. The lowest BCUT2D eigenvalue weighted by Crippen LogP contribution is -2.45. The quantitative estimate of drug-likeness (QED) is 0.777. The zero-order valence-corrected chi connectivity index (χ0v) is 14.5. The molecule has 8 nitrogen and oxygen atoms in total. The van der Waals surface area contributed by atoms with E-state index >= 15 is 0 Å². The Morgan fingerprint density at radius 3 is 2.67 bits per heavy atom. The third-order valence-corrected chi connectivity index (χ3v) is 5.43. The molecule has 0 bridgehead atoms. The van der Waals surface area contributed by atoms with Gasteiger partial charge in [-0.3, -0.25) is 4.79 Å². The molecule has 9 heteroatoms. The standard InChI is InChI=1S/C15H20N4O4S/c1-4-10(2)14(15(20)21)18-24(22,23)12-9-17-19(11(12)3)13-7-5-6-8-16-13/h5-10,14,18H,4H2,1-3H3,(H,20,21)/t10-,14-/m0/s1. The first-order valence-corrected chi connectivity index (χ1v) is 8.97. The van der Waals surface area contributed by atoms with E-state index in [-0.39, 0.29) is 10.8 Å². The van der Waals surface area contributed by atoms with Gasteiger partial charge in [-0.15, -0.1) is 0 Å². The predicted octanol–water partition coefficient (Wildman–Crippen LogP) is 1.35. The molecule has 2 aromatic heterocycles. The highest BCUT2D eigenvalue weighted by molar-refractivity contribution is 7.89. The highest BCUT2D eigenvalue weighted by atomic mass is 32.2. The average Bonchev–Trinajstić information content (AvgIpc) is 2.95. The molecule has 2 atom stereocenters. The van der Waals surface area contributed by atoms with Crippen molar-refractivity contribution in [3.63, 3.8) is 0 Å². The molecule has 2 heterocycles. The Morgan fingerprint density at radius 1 is 1.42 bits per heavy atom. The van der Waals surface area contributed by atoms with Crippen LogP contribution in [0.5, 0.6) is 0 Å². The maximum atomic E-state index is 12.6. The summed E-state index contributed by atoms with van der Waals surface area (Å²) < 4.78 is 28.8. The second-order valence-corrected chi connectivity index (χ2v) is 7.20. The Kier molecular flexibility index (Phi) is 5.35. The van der Waals surface area contributed by atoms with Gasteiger partial charge in [0.1, 0.15) is 10.9 Å². The summed E-state index contributed by atoms with van der Waals surface area (Å²) in [6.07, 6.45) is 3.31. The number of rotatable bonds is 7. The number of aliphatic carboxylic acids is 1. The molecule has 2 rings (SSSR count). The van der Waals surface area contributed by atoms with Gasteiger partial charge in [-0.1, -0.05) is 26.3 Å². The zero-order valence-electron chi connectivity index (χ0n) is 13.7. The molecule has 0 aliphatic carbocycles. The minimum absolute atomic E-state index is 0.0669. The summed E-state index contributed by atoms with van der Waals surface area (Å²) in [5, 5.41) is 13.3. The summed E-state index contributed by atoms with van der Waals surface area (Å²) in [5.41, 5.74) is 0.356. The van der Waals surface area contributed by atoms with Gasteiger partial charge in [0.2, 0.25) is 10.0 Å². The first-order valence-electron chi connectivity index (χ1n) is 7.49. The smallest absolute Gasteiger partial charge is 0.322 e. The fraction of sp³-hybridized carbons (Fsp3) is 0.400. The molecule has 0 saturated heterocycles. The summed E-state index contributed by atoms with van der Waals surface area (Å²) in [4.78, 5) is 15.4. The lowest BCUT2D eigenvalue weighted by Gasteiger charge is -2.19. The Bertz CT molecular complexity index is 817.